The maximum absolute atomic E-state index is 3.74. The molecule has 0 radical (unpaired) electrons. The molecule has 2 nitrogen and oxygen atoms in total. The van der Waals surface area contributed by atoms with E-state index in [9.17, 15) is 0 Å². The molecule has 0 atom stereocenters. The lowest BCUT2D eigenvalue weighted by atomic mass is 9.58. The van der Waals surface area contributed by atoms with E-state index >= 15 is 0 Å². The first-order chi connectivity index (χ1) is 22.8. The van der Waals surface area contributed by atoms with E-state index in [4.69, 9.17) is 0 Å². The number of nitrogens with one attached hydrogen (secondary N) is 1. The van der Waals surface area contributed by atoms with Crippen LogP contribution in [0, 0.1) is 0 Å². The first-order valence-corrected chi connectivity index (χ1v) is 16.6. The van der Waals surface area contributed by atoms with Gasteiger partial charge in [-0.15, -0.1) is 11.3 Å². The minimum atomic E-state index is 0.871. The van der Waals surface area contributed by atoms with Gasteiger partial charge in [-0.1, -0.05) is 109 Å². The van der Waals surface area contributed by atoms with Gasteiger partial charge in [-0.05, 0) is 70.7 Å². The van der Waals surface area contributed by atoms with E-state index in [1.54, 1.807) is 0 Å². The van der Waals surface area contributed by atoms with Gasteiger partial charge in [0, 0.05) is 59.1 Å². The van der Waals surface area contributed by atoms with Crippen LogP contribution in [0.1, 0.15) is 0 Å². The number of hydrogen-bond donors (Lipinski definition) is 1. The normalized spacial score (nSPS) is 12.1. The minimum absolute atomic E-state index is 0.871. The van der Waals surface area contributed by atoms with Crippen molar-refractivity contribution in [3.05, 3.63) is 152 Å². The molecular weight excluding hydrogens is 575 g/mol. The van der Waals surface area contributed by atoms with Gasteiger partial charge in [-0.2, -0.15) is 0 Å². The predicted molar refractivity (Wildman–Crippen MR) is 201 cm³/mol. The lowest BCUT2D eigenvalue weighted by Crippen LogP contribution is -2.37. The standard InChI is InChI=1S/C42H27BN2S/c1-3-13-26(14-4-1)31-23-33(28-17-7-10-20-35(28)44-27-15-5-2-6-16-27)41-42-40(31)30-19-8-11-21-36(30)45(42)37-24-32-29-18-9-12-22-38(29)46-39(32)25-34(37)43-41/h1-25,43-44H. The van der Waals surface area contributed by atoms with Crippen LogP contribution in [-0.4, -0.2) is 11.8 Å². The molecule has 7 aromatic carbocycles. The van der Waals surface area contributed by atoms with E-state index in [1.165, 1.54) is 80.8 Å². The summed E-state index contributed by atoms with van der Waals surface area (Å²) in [6.07, 6.45) is 0. The number of hydrogen-bond acceptors (Lipinski definition) is 2. The van der Waals surface area contributed by atoms with Crippen LogP contribution < -0.4 is 16.2 Å². The Hall–Kier alpha value is -5.58. The highest BCUT2D eigenvalue weighted by molar-refractivity contribution is 7.25. The van der Waals surface area contributed by atoms with Gasteiger partial charge in [0.2, 0.25) is 0 Å². The number of fused-ring (bicyclic) bond motifs is 8. The van der Waals surface area contributed by atoms with Crippen LogP contribution in [0.15, 0.2) is 152 Å². The van der Waals surface area contributed by atoms with Crippen molar-refractivity contribution in [1.29, 1.82) is 0 Å². The van der Waals surface area contributed by atoms with E-state index in [0.29, 0.717) is 0 Å². The summed E-state index contributed by atoms with van der Waals surface area (Å²) in [5.74, 6) is 0. The molecule has 0 aliphatic carbocycles. The number of benzene rings is 7. The maximum Gasteiger partial charge on any atom is 0.198 e. The fourth-order valence-electron chi connectivity index (χ4n) is 7.59. The highest BCUT2D eigenvalue weighted by atomic mass is 32.1. The summed E-state index contributed by atoms with van der Waals surface area (Å²) in [4.78, 5) is 0. The fraction of sp³-hybridized carbons (Fsp3) is 0. The van der Waals surface area contributed by atoms with Crippen molar-refractivity contribution in [3.8, 4) is 27.9 Å². The Balaban J connectivity index is 1.34. The molecule has 0 bridgehead atoms. The van der Waals surface area contributed by atoms with Crippen LogP contribution in [0.3, 0.4) is 0 Å². The van der Waals surface area contributed by atoms with Crippen LogP contribution in [0.4, 0.5) is 11.4 Å². The number of rotatable bonds is 4. The smallest absolute Gasteiger partial charge is 0.198 e. The van der Waals surface area contributed by atoms with Gasteiger partial charge >= 0.3 is 0 Å². The number of nitrogens with zero attached hydrogens (tertiary/aromatic N) is 1. The average molecular weight is 603 g/mol. The Kier molecular flexibility index (Phi) is 5.57. The largest absolute Gasteiger partial charge is 0.355 e. The maximum atomic E-state index is 3.74. The van der Waals surface area contributed by atoms with Crippen LogP contribution in [0.25, 0.3) is 69.9 Å². The first-order valence-electron chi connectivity index (χ1n) is 15.8. The third-order valence-electron chi connectivity index (χ3n) is 9.58. The van der Waals surface area contributed by atoms with Gasteiger partial charge < -0.3 is 9.88 Å². The zero-order valence-electron chi connectivity index (χ0n) is 25.0. The van der Waals surface area contributed by atoms with Gasteiger partial charge in [0.15, 0.2) is 7.28 Å². The van der Waals surface area contributed by atoms with Crippen LogP contribution in [-0.2, 0) is 0 Å². The molecule has 1 aliphatic rings. The predicted octanol–water partition coefficient (Wildman–Crippen LogP) is 9.93. The van der Waals surface area contributed by atoms with Crippen LogP contribution in [0.5, 0.6) is 0 Å². The molecule has 46 heavy (non-hydrogen) atoms. The molecule has 2 aromatic heterocycles. The highest BCUT2D eigenvalue weighted by Crippen LogP contribution is 2.44. The zero-order chi connectivity index (χ0) is 30.2. The summed E-state index contributed by atoms with van der Waals surface area (Å²) < 4.78 is 5.26. The molecule has 0 saturated heterocycles. The number of anilines is 2. The fourth-order valence-corrected chi connectivity index (χ4v) is 8.74. The average Bonchev–Trinajstić information content (AvgIpc) is 3.65. The van der Waals surface area contributed by atoms with Crippen LogP contribution in [0.2, 0.25) is 0 Å². The molecule has 1 aliphatic heterocycles. The van der Waals surface area contributed by atoms with Crippen molar-refractivity contribution >= 4 is 82.9 Å². The summed E-state index contributed by atoms with van der Waals surface area (Å²) in [5, 5.41) is 9.04. The van der Waals surface area contributed by atoms with Crippen molar-refractivity contribution in [2.45, 2.75) is 0 Å². The SMILES string of the molecule is B1c2cc3sc4ccccc4c3cc2-n2c3ccccc3c3c(-c4ccccc4)cc(-c4ccccc4Nc4ccccc4)c1c32. The summed E-state index contributed by atoms with van der Waals surface area (Å²) in [6, 6.07) is 55.3. The van der Waals surface area contributed by atoms with Gasteiger partial charge in [0.05, 0.1) is 5.52 Å². The first kappa shape index (κ1) is 25.7. The van der Waals surface area contributed by atoms with Crippen molar-refractivity contribution < 1.29 is 0 Å². The molecule has 10 rings (SSSR count). The lowest BCUT2D eigenvalue weighted by Gasteiger charge is -2.25. The Morgan fingerprint density at radius 3 is 2.13 bits per heavy atom. The molecule has 0 unspecified atom stereocenters. The number of thiophene rings is 1. The lowest BCUT2D eigenvalue weighted by molar-refractivity contribution is 1.20. The van der Waals surface area contributed by atoms with Gasteiger partial charge in [0.25, 0.3) is 0 Å². The highest BCUT2D eigenvalue weighted by Gasteiger charge is 2.29. The number of para-hydroxylation sites is 3. The molecule has 0 saturated carbocycles. The molecule has 0 amide bonds. The van der Waals surface area contributed by atoms with Crippen molar-refractivity contribution in [3.63, 3.8) is 0 Å². The third-order valence-corrected chi connectivity index (χ3v) is 10.7. The topological polar surface area (TPSA) is 17.0 Å². The molecule has 0 fully saturated rings. The Morgan fingerprint density at radius 1 is 0.543 bits per heavy atom. The number of aromatic nitrogens is 1. The molecule has 1 N–H and O–H groups in total. The monoisotopic (exact) mass is 602 g/mol. The van der Waals surface area contributed by atoms with E-state index in [-0.39, 0.29) is 0 Å². The summed E-state index contributed by atoms with van der Waals surface area (Å²) >= 11 is 1.90. The second kappa shape index (κ2) is 9.97. The van der Waals surface area contributed by atoms with E-state index in [0.717, 1.165) is 18.7 Å². The Labute approximate surface area is 271 Å². The van der Waals surface area contributed by atoms with E-state index in [2.05, 4.69) is 162 Å². The molecule has 4 heteroatoms. The van der Waals surface area contributed by atoms with Crippen molar-refractivity contribution in [2.75, 3.05) is 5.32 Å². The van der Waals surface area contributed by atoms with Gasteiger partial charge in [-0.3, -0.25) is 0 Å². The Bertz CT molecular complexity index is 2630. The molecule has 3 heterocycles. The van der Waals surface area contributed by atoms with E-state index < -0.39 is 0 Å². The molecular formula is C42H27BN2S. The van der Waals surface area contributed by atoms with Crippen LogP contribution >= 0.6 is 11.3 Å². The minimum Gasteiger partial charge on any atom is -0.355 e. The quantitative estimate of drug-likeness (QED) is 0.199. The van der Waals surface area contributed by atoms with Gasteiger partial charge in [-0.25, -0.2) is 0 Å². The second-order valence-corrected chi connectivity index (χ2v) is 13.3. The summed E-state index contributed by atoms with van der Waals surface area (Å²) in [5.41, 5.74) is 13.8. The summed E-state index contributed by atoms with van der Waals surface area (Å²) in [7, 11) is 0.871. The third kappa shape index (κ3) is 3.77. The molecule has 0 spiro atoms. The van der Waals surface area contributed by atoms with Crippen molar-refractivity contribution in [1.82, 2.24) is 4.57 Å². The Morgan fingerprint density at radius 2 is 1.26 bits per heavy atom. The molecule has 9 aromatic rings. The second-order valence-electron chi connectivity index (χ2n) is 12.2. The van der Waals surface area contributed by atoms with Gasteiger partial charge in [0.1, 0.15) is 0 Å². The zero-order valence-corrected chi connectivity index (χ0v) is 25.8. The van der Waals surface area contributed by atoms with E-state index in [1.807, 2.05) is 11.3 Å². The summed E-state index contributed by atoms with van der Waals surface area (Å²) in [6.45, 7) is 0. The molecule has 214 valence electrons. The van der Waals surface area contributed by atoms with Crippen molar-refractivity contribution in [2.24, 2.45) is 0 Å².